The molecule has 0 radical (unpaired) electrons. The van der Waals surface area contributed by atoms with Crippen molar-refractivity contribution in [2.75, 3.05) is 6.61 Å². The number of amides is 1. The quantitative estimate of drug-likeness (QED) is 0.843. The first-order chi connectivity index (χ1) is 12.0. The summed E-state index contributed by atoms with van der Waals surface area (Å²) >= 11 is 0. The standard InChI is InChI=1S/C19H23FN2O3/c1-19(12-23)10-4-7-16(19)22-17(24)8-9-18-21-11-15(25-18)13-5-2-3-6-14(13)20/h2-3,5-6,11,16,23H,4,7-10,12H2,1H3,(H,22,24). The average molecular weight is 346 g/mol. The van der Waals surface area contributed by atoms with Gasteiger partial charge in [0.15, 0.2) is 11.7 Å². The van der Waals surface area contributed by atoms with Gasteiger partial charge in [0.1, 0.15) is 5.82 Å². The SMILES string of the molecule is CC1(CO)CCCC1NC(=O)CCc1ncc(-c2ccccc2F)o1. The number of aryl methyl sites for hydroxylation is 1. The zero-order valence-electron chi connectivity index (χ0n) is 14.3. The fourth-order valence-electron chi connectivity index (χ4n) is 3.37. The molecule has 0 saturated heterocycles. The fraction of sp³-hybridized carbons (Fsp3) is 0.474. The number of rotatable bonds is 6. The lowest BCUT2D eigenvalue weighted by molar-refractivity contribution is -0.122. The van der Waals surface area contributed by atoms with Crippen molar-refractivity contribution in [3.63, 3.8) is 0 Å². The van der Waals surface area contributed by atoms with Crippen LogP contribution in [0.5, 0.6) is 0 Å². The minimum absolute atomic E-state index is 0.00327. The fourth-order valence-corrected chi connectivity index (χ4v) is 3.37. The second-order valence-electron chi connectivity index (χ2n) is 6.92. The molecule has 25 heavy (non-hydrogen) atoms. The molecule has 134 valence electrons. The van der Waals surface area contributed by atoms with Gasteiger partial charge in [-0.15, -0.1) is 0 Å². The Labute approximate surface area is 146 Å². The molecule has 0 bridgehead atoms. The lowest BCUT2D eigenvalue weighted by atomic mass is 9.86. The van der Waals surface area contributed by atoms with Gasteiger partial charge < -0.3 is 14.8 Å². The molecule has 1 saturated carbocycles. The highest BCUT2D eigenvalue weighted by atomic mass is 19.1. The second-order valence-corrected chi connectivity index (χ2v) is 6.92. The first-order valence-corrected chi connectivity index (χ1v) is 8.62. The van der Waals surface area contributed by atoms with E-state index in [9.17, 15) is 14.3 Å². The van der Waals surface area contributed by atoms with E-state index in [0.717, 1.165) is 19.3 Å². The number of carbonyl (C=O) groups is 1. The number of oxazole rings is 1. The summed E-state index contributed by atoms with van der Waals surface area (Å²) < 4.78 is 19.3. The number of aliphatic hydroxyl groups is 1. The van der Waals surface area contributed by atoms with Crippen LogP contribution in [0.4, 0.5) is 4.39 Å². The Kier molecular flexibility index (Phi) is 5.18. The van der Waals surface area contributed by atoms with Crippen molar-refractivity contribution in [3.8, 4) is 11.3 Å². The topological polar surface area (TPSA) is 75.4 Å². The van der Waals surface area contributed by atoms with Crippen molar-refractivity contribution < 1.29 is 18.7 Å². The summed E-state index contributed by atoms with van der Waals surface area (Å²) in [5.74, 6) is 0.312. The van der Waals surface area contributed by atoms with Gasteiger partial charge in [0.05, 0.1) is 18.4 Å². The van der Waals surface area contributed by atoms with Crippen molar-refractivity contribution >= 4 is 5.91 Å². The van der Waals surface area contributed by atoms with Gasteiger partial charge in [0, 0.05) is 24.3 Å². The van der Waals surface area contributed by atoms with Crippen molar-refractivity contribution in [1.29, 1.82) is 0 Å². The highest BCUT2D eigenvalue weighted by molar-refractivity contribution is 5.76. The van der Waals surface area contributed by atoms with E-state index >= 15 is 0 Å². The van der Waals surface area contributed by atoms with Crippen molar-refractivity contribution in [2.45, 2.75) is 45.1 Å². The van der Waals surface area contributed by atoms with Gasteiger partial charge in [-0.3, -0.25) is 4.79 Å². The molecule has 2 aromatic rings. The van der Waals surface area contributed by atoms with E-state index in [4.69, 9.17) is 4.42 Å². The third-order valence-corrected chi connectivity index (χ3v) is 5.04. The van der Waals surface area contributed by atoms with Gasteiger partial charge >= 0.3 is 0 Å². The van der Waals surface area contributed by atoms with Crippen LogP contribution in [-0.4, -0.2) is 28.6 Å². The Morgan fingerprint density at radius 2 is 2.28 bits per heavy atom. The monoisotopic (exact) mass is 346 g/mol. The minimum Gasteiger partial charge on any atom is -0.441 e. The predicted molar refractivity (Wildman–Crippen MR) is 91.2 cm³/mol. The molecule has 2 N–H and O–H groups in total. The average Bonchev–Trinajstić information content (AvgIpc) is 3.21. The molecule has 0 spiro atoms. The summed E-state index contributed by atoms with van der Waals surface area (Å²) in [6.45, 7) is 2.07. The van der Waals surface area contributed by atoms with Gasteiger partial charge in [-0.1, -0.05) is 25.5 Å². The largest absolute Gasteiger partial charge is 0.441 e. The molecule has 1 aliphatic carbocycles. The van der Waals surface area contributed by atoms with E-state index in [0.29, 0.717) is 23.6 Å². The molecular formula is C19H23FN2O3. The first-order valence-electron chi connectivity index (χ1n) is 8.62. The summed E-state index contributed by atoms with van der Waals surface area (Å²) in [4.78, 5) is 16.3. The van der Waals surface area contributed by atoms with Crippen LogP contribution in [0, 0.1) is 11.2 Å². The number of aromatic nitrogens is 1. The summed E-state index contributed by atoms with van der Waals surface area (Å²) in [5, 5.41) is 12.6. The Morgan fingerprint density at radius 3 is 3.04 bits per heavy atom. The maximum absolute atomic E-state index is 13.8. The van der Waals surface area contributed by atoms with Crippen LogP contribution in [0.1, 0.15) is 38.5 Å². The number of carbonyl (C=O) groups excluding carboxylic acids is 1. The van der Waals surface area contributed by atoms with Crippen LogP contribution < -0.4 is 5.32 Å². The molecule has 1 heterocycles. The van der Waals surface area contributed by atoms with Gasteiger partial charge in [-0.25, -0.2) is 9.37 Å². The Hall–Kier alpha value is -2.21. The van der Waals surface area contributed by atoms with E-state index < -0.39 is 0 Å². The van der Waals surface area contributed by atoms with Gasteiger partial charge in [0.2, 0.25) is 5.91 Å². The smallest absolute Gasteiger partial charge is 0.220 e. The van der Waals surface area contributed by atoms with Crippen LogP contribution in [-0.2, 0) is 11.2 Å². The molecule has 0 aliphatic heterocycles. The third-order valence-electron chi connectivity index (χ3n) is 5.04. The summed E-state index contributed by atoms with van der Waals surface area (Å²) in [6.07, 6.45) is 4.89. The zero-order valence-corrected chi connectivity index (χ0v) is 14.3. The van der Waals surface area contributed by atoms with E-state index in [1.165, 1.54) is 12.3 Å². The van der Waals surface area contributed by atoms with E-state index in [2.05, 4.69) is 10.3 Å². The minimum atomic E-state index is -0.368. The molecule has 5 nitrogen and oxygen atoms in total. The van der Waals surface area contributed by atoms with Crippen LogP contribution in [0.2, 0.25) is 0 Å². The Balaban J connectivity index is 1.56. The lowest BCUT2D eigenvalue weighted by Gasteiger charge is -2.30. The van der Waals surface area contributed by atoms with Gasteiger partial charge in [-0.05, 0) is 25.0 Å². The number of aliphatic hydroxyl groups excluding tert-OH is 1. The Morgan fingerprint density at radius 1 is 1.48 bits per heavy atom. The molecule has 1 aromatic heterocycles. The maximum Gasteiger partial charge on any atom is 0.220 e. The van der Waals surface area contributed by atoms with E-state index in [-0.39, 0.29) is 36.2 Å². The molecule has 2 atom stereocenters. The normalized spacial score (nSPS) is 22.9. The second kappa shape index (κ2) is 7.35. The molecule has 3 rings (SSSR count). The van der Waals surface area contributed by atoms with Crippen LogP contribution in [0.3, 0.4) is 0 Å². The molecular weight excluding hydrogens is 323 g/mol. The molecule has 1 aliphatic rings. The Bertz CT molecular complexity index is 746. The molecule has 1 fully saturated rings. The highest BCUT2D eigenvalue weighted by Gasteiger charge is 2.38. The van der Waals surface area contributed by atoms with Gasteiger partial charge in [-0.2, -0.15) is 0 Å². The highest BCUT2D eigenvalue weighted by Crippen LogP contribution is 2.37. The summed E-state index contributed by atoms with van der Waals surface area (Å²) in [7, 11) is 0. The third kappa shape index (κ3) is 3.90. The molecule has 1 aromatic carbocycles. The lowest BCUT2D eigenvalue weighted by Crippen LogP contribution is -2.44. The number of nitrogens with zero attached hydrogens (tertiary/aromatic N) is 1. The first kappa shape index (κ1) is 17.6. The van der Waals surface area contributed by atoms with Crippen LogP contribution in [0.25, 0.3) is 11.3 Å². The number of halogens is 1. The van der Waals surface area contributed by atoms with Crippen LogP contribution >= 0.6 is 0 Å². The molecule has 2 unspecified atom stereocenters. The van der Waals surface area contributed by atoms with Crippen molar-refractivity contribution in [1.82, 2.24) is 10.3 Å². The van der Waals surface area contributed by atoms with Gasteiger partial charge in [0.25, 0.3) is 0 Å². The maximum atomic E-state index is 13.8. The van der Waals surface area contributed by atoms with Crippen molar-refractivity contribution in [3.05, 3.63) is 42.2 Å². The van der Waals surface area contributed by atoms with E-state index in [1.54, 1.807) is 18.2 Å². The number of hydrogen-bond donors (Lipinski definition) is 2. The van der Waals surface area contributed by atoms with Crippen LogP contribution in [0.15, 0.2) is 34.9 Å². The van der Waals surface area contributed by atoms with Crippen molar-refractivity contribution in [2.24, 2.45) is 5.41 Å². The number of hydrogen-bond acceptors (Lipinski definition) is 4. The summed E-state index contributed by atoms with van der Waals surface area (Å²) in [5.41, 5.74) is 0.117. The van der Waals surface area contributed by atoms with E-state index in [1.807, 2.05) is 6.92 Å². The number of nitrogens with one attached hydrogen (secondary N) is 1. The number of benzene rings is 1. The zero-order chi connectivity index (χ0) is 17.9. The predicted octanol–water partition coefficient (Wildman–Crippen LogP) is 3.08. The molecule has 6 heteroatoms. The summed E-state index contributed by atoms with van der Waals surface area (Å²) in [6, 6.07) is 6.34. The molecule has 1 amide bonds.